The van der Waals surface area contributed by atoms with Crippen LogP contribution in [0.1, 0.15) is 37.8 Å². The summed E-state index contributed by atoms with van der Waals surface area (Å²) in [6.45, 7) is 4.71. The number of hydrogen-bond donors (Lipinski definition) is 0. The fourth-order valence-electron chi connectivity index (χ4n) is 2.26. The van der Waals surface area contributed by atoms with Crippen molar-refractivity contribution in [1.82, 2.24) is 0 Å². The van der Waals surface area contributed by atoms with E-state index in [0.717, 1.165) is 11.1 Å². The van der Waals surface area contributed by atoms with Gasteiger partial charge in [-0.25, -0.2) is 0 Å². The van der Waals surface area contributed by atoms with Crippen molar-refractivity contribution < 1.29 is 19.1 Å². The molecule has 0 spiro atoms. The van der Waals surface area contributed by atoms with Crippen LogP contribution in [0.3, 0.4) is 0 Å². The number of ether oxygens (including phenoxy) is 2. The van der Waals surface area contributed by atoms with Crippen molar-refractivity contribution >= 4 is 11.9 Å². The number of hydrogen-bond acceptors (Lipinski definition) is 4. The zero-order valence-electron chi connectivity index (χ0n) is 12.8. The molecule has 0 amide bonds. The maximum absolute atomic E-state index is 11.3. The largest absolute Gasteiger partial charge is 0.427 e. The van der Waals surface area contributed by atoms with E-state index >= 15 is 0 Å². The smallest absolute Gasteiger partial charge is 0.308 e. The Morgan fingerprint density at radius 1 is 0.909 bits per heavy atom. The minimum Gasteiger partial charge on any atom is -0.427 e. The number of esters is 2. The zero-order valence-corrected chi connectivity index (χ0v) is 12.8. The van der Waals surface area contributed by atoms with Crippen LogP contribution >= 0.6 is 0 Å². The summed E-state index contributed by atoms with van der Waals surface area (Å²) in [4.78, 5) is 22.4. The van der Waals surface area contributed by atoms with Gasteiger partial charge in [0.2, 0.25) is 0 Å². The highest BCUT2D eigenvalue weighted by atomic mass is 16.5. The van der Waals surface area contributed by atoms with Crippen molar-refractivity contribution in [3.63, 3.8) is 0 Å². The third-order valence-electron chi connectivity index (χ3n) is 3.26. The molecule has 0 radical (unpaired) electrons. The number of benzene rings is 2. The molecule has 0 aliphatic rings. The maximum atomic E-state index is 11.3. The summed E-state index contributed by atoms with van der Waals surface area (Å²) < 4.78 is 10.4. The summed E-state index contributed by atoms with van der Waals surface area (Å²) in [5, 5.41) is 0. The predicted octanol–water partition coefficient (Wildman–Crippen LogP) is 3.69. The first kappa shape index (κ1) is 15.8. The van der Waals surface area contributed by atoms with Gasteiger partial charge in [0, 0.05) is 25.3 Å². The standard InChI is InChI=1S/C18H18O4/c1-12(15-7-5-4-6-8-15)17-11-16(21-13(2)19)9-10-18(17)22-14(3)20/h4-12H,1-3H3. The van der Waals surface area contributed by atoms with Gasteiger partial charge in [-0.1, -0.05) is 37.3 Å². The van der Waals surface area contributed by atoms with Crippen LogP contribution in [0.15, 0.2) is 48.5 Å². The predicted molar refractivity (Wildman–Crippen MR) is 83.0 cm³/mol. The van der Waals surface area contributed by atoms with Crippen LogP contribution in [0.25, 0.3) is 0 Å². The molecule has 4 nitrogen and oxygen atoms in total. The second-order valence-electron chi connectivity index (χ2n) is 5.02. The van der Waals surface area contributed by atoms with Gasteiger partial charge >= 0.3 is 11.9 Å². The van der Waals surface area contributed by atoms with Gasteiger partial charge in [0.1, 0.15) is 11.5 Å². The van der Waals surface area contributed by atoms with Crippen LogP contribution in [0, 0.1) is 0 Å². The quantitative estimate of drug-likeness (QED) is 0.638. The lowest BCUT2D eigenvalue weighted by Crippen LogP contribution is -2.08. The third kappa shape index (κ3) is 3.95. The molecular formula is C18H18O4. The molecule has 0 fully saturated rings. The first-order chi connectivity index (χ1) is 10.5. The molecule has 22 heavy (non-hydrogen) atoms. The Bertz CT molecular complexity index is 677. The maximum Gasteiger partial charge on any atom is 0.308 e. The van der Waals surface area contributed by atoms with E-state index in [-0.39, 0.29) is 11.9 Å². The monoisotopic (exact) mass is 298 g/mol. The van der Waals surface area contributed by atoms with Crippen LogP contribution in [-0.2, 0) is 9.59 Å². The molecule has 0 aliphatic heterocycles. The zero-order chi connectivity index (χ0) is 16.1. The van der Waals surface area contributed by atoms with Gasteiger partial charge in [0.15, 0.2) is 0 Å². The van der Waals surface area contributed by atoms with Gasteiger partial charge in [-0.3, -0.25) is 9.59 Å². The lowest BCUT2D eigenvalue weighted by molar-refractivity contribution is -0.133. The first-order valence-electron chi connectivity index (χ1n) is 7.03. The Morgan fingerprint density at radius 2 is 1.55 bits per heavy atom. The van der Waals surface area contributed by atoms with E-state index in [1.54, 1.807) is 18.2 Å². The topological polar surface area (TPSA) is 52.6 Å². The van der Waals surface area contributed by atoms with Gasteiger partial charge < -0.3 is 9.47 Å². The van der Waals surface area contributed by atoms with Crippen LogP contribution in [-0.4, -0.2) is 11.9 Å². The first-order valence-corrected chi connectivity index (χ1v) is 7.03. The summed E-state index contributed by atoms with van der Waals surface area (Å²) in [6.07, 6.45) is 0. The van der Waals surface area contributed by atoms with Gasteiger partial charge in [0.05, 0.1) is 0 Å². The van der Waals surface area contributed by atoms with Crippen LogP contribution in [0.5, 0.6) is 11.5 Å². The number of carbonyl (C=O) groups is 2. The molecule has 0 bridgehead atoms. The molecule has 2 rings (SSSR count). The van der Waals surface area contributed by atoms with Crippen molar-refractivity contribution in [3.8, 4) is 11.5 Å². The molecular weight excluding hydrogens is 280 g/mol. The average molecular weight is 298 g/mol. The summed E-state index contributed by atoms with van der Waals surface area (Å²) in [5.74, 6) is 0.118. The van der Waals surface area contributed by atoms with Crippen molar-refractivity contribution in [3.05, 3.63) is 59.7 Å². The SMILES string of the molecule is CC(=O)Oc1ccc(OC(C)=O)c(C(C)c2ccccc2)c1. The Balaban J connectivity index is 2.44. The van der Waals surface area contributed by atoms with Gasteiger partial charge in [-0.2, -0.15) is 0 Å². The summed E-state index contributed by atoms with van der Waals surface area (Å²) in [5.41, 5.74) is 1.87. The third-order valence-corrected chi connectivity index (χ3v) is 3.26. The fourth-order valence-corrected chi connectivity index (χ4v) is 2.26. The van der Waals surface area contributed by atoms with E-state index in [9.17, 15) is 9.59 Å². The summed E-state index contributed by atoms with van der Waals surface area (Å²) in [7, 11) is 0. The van der Waals surface area contributed by atoms with E-state index in [1.165, 1.54) is 13.8 Å². The Labute approximate surface area is 129 Å². The molecule has 1 atom stereocenters. The van der Waals surface area contributed by atoms with Crippen molar-refractivity contribution in [1.29, 1.82) is 0 Å². The van der Waals surface area contributed by atoms with Crippen LogP contribution in [0.4, 0.5) is 0 Å². The highest BCUT2D eigenvalue weighted by Gasteiger charge is 2.16. The molecule has 2 aromatic carbocycles. The van der Waals surface area contributed by atoms with E-state index in [2.05, 4.69) is 0 Å². The molecule has 0 heterocycles. The summed E-state index contributed by atoms with van der Waals surface area (Å²) in [6, 6.07) is 14.8. The molecule has 4 heteroatoms. The number of carbonyl (C=O) groups excluding carboxylic acids is 2. The molecule has 2 aromatic rings. The van der Waals surface area contributed by atoms with Gasteiger partial charge in [-0.15, -0.1) is 0 Å². The molecule has 114 valence electrons. The lowest BCUT2D eigenvalue weighted by Gasteiger charge is -2.17. The highest BCUT2D eigenvalue weighted by molar-refractivity contribution is 5.71. The van der Waals surface area contributed by atoms with Crippen molar-refractivity contribution in [2.45, 2.75) is 26.7 Å². The molecule has 0 saturated carbocycles. The van der Waals surface area contributed by atoms with Crippen molar-refractivity contribution in [2.24, 2.45) is 0 Å². The number of rotatable bonds is 4. The second-order valence-corrected chi connectivity index (χ2v) is 5.02. The van der Waals surface area contributed by atoms with E-state index in [0.29, 0.717) is 11.5 Å². The molecule has 1 unspecified atom stereocenters. The highest BCUT2D eigenvalue weighted by Crippen LogP contribution is 2.34. The normalized spacial score (nSPS) is 11.6. The minimum absolute atomic E-state index is 0.00828. The van der Waals surface area contributed by atoms with Crippen LogP contribution < -0.4 is 9.47 Å². The van der Waals surface area contributed by atoms with Gasteiger partial charge in [-0.05, 0) is 23.8 Å². The van der Waals surface area contributed by atoms with Crippen molar-refractivity contribution in [2.75, 3.05) is 0 Å². The average Bonchev–Trinajstić information content (AvgIpc) is 2.48. The fraction of sp³-hybridized carbons (Fsp3) is 0.222. The van der Waals surface area contributed by atoms with E-state index < -0.39 is 5.97 Å². The molecule has 0 aliphatic carbocycles. The Kier molecular flexibility index (Phi) is 4.94. The van der Waals surface area contributed by atoms with E-state index in [1.807, 2.05) is 37.3 Å². The molecule has 0 saturated heterocycles. The molecule has 0 N–H and O–H groups in total. The van der Waals surface area contributed by atoms with Gasteiger partial charge in [0.25, 0.3) is 0 Å². The lowest BCUT2D eigenvalue weighted by atomic mass is 9.92. The van der Waals surface area contributed by atoms with E-state index in [4.69, 9.17) is 9.47 Å². The molecule has 0 aromatic heterocycles. The van der Waals surface area contributed by atoms with Crippen LogP contribution in [0.2, 0.25) is 0 Å². The Hall–Kier alpha value is -2.62. The summed E-state index contributed by atoms with van der Waals surface area (Å²) >= 11 is 0. The Morgan fingerprint density at radius 3 is 2.14 bits per heavy atom. The second kappa shape index (κ2) is 6.89. The minimum atomic E-state index is -0.390.